The van der Waals surface area contributed by atoms with Crippen LogP contribution in [0.4, 0.5) is 0 Å². The zero-order valence-corrected chi connectivity index (χ0v) is 12.7. The predicted molar refractivity (Wildman–Crippen MR) is 75.7 cm³/mol. The van der Waals surface area contributed by atoms with E-state index < -0.39 is 11.4 Å². The molecular weight excluding hydrogens is 258 g/mol. The summed E-state index contributed by atoms with van der Waals surface area (Å²) in [5, 5.41) is 16.1. The molecule has 1 heterocycles. The number of aromatic nitrogens is 2. The second-order valence-electron chi connectivity index (χ2n) is 5.95. The average molecular weight is 281 g/mol. The second kappa shape index (κ2) is 6.07. The molecule has 0 saturated heterocycles. The molecule has 6 heteroatoms. The van der Waals surface area contributed by atoms with Crippen molar-refractivity contribution in [2.75, 3.05) is 6.54 Å². The SMILES string of the molecule is CC(C)c1nn(C)cc1C(=O)NCCC(C)(C)C(=O)O. The third-order valence-electron chi connectivity index (χ3n) is 3.26. The number of nitrogens with zero attached hydrogens (tertiary/aromatic N) is 2. The van der Waals surface area contributed by atoms with Crippen molar-refractivity contribution in [1.82, 2.24) is 15.1 Å². The number of hydrogen-bond acceptors (Lipinski definition) is 3. The highest BCUT2D eigenvalue weighted by atomic mass is 16.4. The van der Waals surface area contributed by atoms with Crippen molar-refractivity contribution in [2.24, 2.45) is 12.5 Å². The maximum Gasteiger partial charge on any atom is 0.309 e. The van der Waals surface area contributed by atoms with E-state index in [1.165, 1.54) is 0 Å². The lowest BCUT2D eigenvalue weighted by atomic mass is 9.89. The van der Waals surface area contributed by atoms with Gasteiger partial charge in [-0.15, -0.1) is 0 Å². The molecule has 1 amide bonds. The highest BCUT2D eigenvalue weighted by Gasteiger charge is 2.27. The molecule has 0 aromatic carbocycles. The maximum atomic E-state index is 12.1. The Morgan fingerprint density at radius 3 is 2.55 bits per heavy atom. The Bertz CT molecular complexity index is 504. The fraction of sp³-hybridized carbons (Fsp3) is 0.643. The van der Waals surface area contributed by atoms with Crippen LogP contribution in [-0.4, -0.2) is 33.3 Å². The standard InChI is InChI=1S/C14H23N3O3/c1-9(2)11-10(8-17(5)16-11)12(18)15-7-6-14(3,4)13(19)20/h8-9H,6-7H2,1-5H3,(H,15,18)(H,19,20). The van der Waals surface area contributed by atoms with Crippen LogP contribution in [0.1, 0.15) is 56.1 Å². The number of amides is 1. The summed E-state index contributed by atoms with van der Waals surface area (Å²) < 4.78 is 1.62. The van der Waals surface area contributed by atoms with E-state index in [1.807, 2.05) is 13.8 Å². The Hall–Kier alpha value is -1.85. The fourth-order valence-corrected chi connectivity index (χ4v) is 1.80. The first-order valence-electron chi connectivity index (χ1n) is 6.70. The minimum Gasteiger partial charge on any atom is -0.481 e. The molecule has 0 atom stereocenters. The molecule has 1 aromatic heterocycles. The van der Waals surface area contributed by atoms with Gasteiger partial charge in [-0.05, 0) is 26.2 Å². The fourth-order valence-electron chi connectivity index (χ4n) is 1.80. The number of aliphatic carboxylic acids is 1. The van der Waals surface area contributed by atoms with Crippen molar-refractivity contribution in [1.29, 1.82) is 0 Å². The molecule has 20 heavy (non-hydrogen) atoms. The molecule has 0 aliphatic heterocycles. The van der Waals surface area contributed by atoms with Crippen molar-refractivity contribution in [3.63, 3.8) is 0 Å². The molecule has 0 aliphatic rings. The van der Waals surface area contributed by atoms with Crippen molar-refractivity contribution < 1.29 is 14.7 Å². The number of nitrogens with one attached hydrogen (secondary N) is 1. The number of carbonyl (C=O) groups excluding carboxylic acids is 1. The number of rotatable bonds is 6. The van der Waals surface area contributed by atoms with E-state index in [9.17, 15) is 9.59 Å². The van der Waals surface area contributed by atoms with E-state index >= 15 is 0 Å². The Balaban J connectivity index is 2.67. The summed E-state index contributed by atoms with van der Waals surface area (Å²) in [5.41, 5.74) is 0.460. The summed E-state index contributed by atoms with van der Waals surface area (Å²) in [7, 11) is 1.77. The molecule has 2 N–H and O–H groups in total. The van der Waals surface area contributed by atoms with Gasteiger partial charge < -0.3 is 10.4 Å². The Labute approximate surface area is 119 Å². The van der Waals surface area contributed by atoms with Crippen LogP contribution < -0.4 is 5.32 Å². The highest BCUT2D eigenvalue weighted by Crippen LogP contribution is 2.20. The van der Waals surface area contributed by atoms with Gasteiger partial charge in [-0.25, -0.2) is 0 Å². The zero-order chi connectivity index (χ0) is 15.5. The molecule has 0 unspecified atom stereocenters. The number of carboxylic acids is 1. The average Bonchev–Trinajstić information content (AvgIpc) is 2.71. The van der Waals surface area contributed by atoms with E-state index in [4.69, 9.17) is 5.11 Å². The lowest BCUT2D eigenvalue weighted by molar-refractivity contribution is -0.147. The van der Waals surface area contributed by atoms with Crippen LogP contribution in [0.25, 0.3) is 0 Å². The van der Waals surface area contributed by atoms with Gasteiger partial charge in [0, 0.05) is 19.8 Å². The normalized spacial score (nSPS) is 11.7. The topological polar surface area (TPSA) is 84.2 Å². The van der Waals surface area contributed by atoms with E-state index in [-0.39, 0.29) is 11.8 Å². The number of carboxylic acid groups (broad SMARTS) is 1. The molecule has 0 bridgehead atoms. The van der Waals surface area contributed by atoms with Crippen molar-refractivity contribution in [3.05, 3.63) is 17.5 Å². The predicted octanol–water partition coefficient (Wildman–Crippen LogP) is 1.77. The second-order valence-corrected chi connectivity index (χ2v) is 5.95. The van der Waals surface area contributed by atoms with E-state index in [0.717, 1.165) is 5.69 Å². The van der Waals surface area contributed by atoms with Crippen LogP contribution >= 0.6 is 0 Å². The summed E-state index contributed by atoms with van der Waals surface area (Å²) in [6.45, 7) is 7.57. The minimum atomic E-state index is -0.865. The first-order chi connectivity index (χ1) is 9.15. The van der Waals surface area contributed by atoms with Gasteiger partial charge in [-0.1, -0.05) is 13.8 Å². The van der Waals surface area contributed by atoms with Crippen LogP contribution in [-0.2, 0) is 11.8 Å². The first-order valence-corrected chi connectivity index (χ1v) is 6.70. The third kappa shape index (κ3) is 3.82. The van der Waals surface area contributed by atoms with Gasteiger partial charge in [0.05, 0.1) is 16.7 Å². The summed E-state index contributed by atoms with van der Waals surface area (Å²) in [6.07, 6.45) is 2.07. The Kier molecular flexibility index (Phi) is 4.92. The lowest BCUT2D eigenvalue weighted by Gasteiger charge is -2.18. The molecule has 0 saturated carbocycles. The van der Waals surface area contributed by atoms with Gasteiger partial charge in [-0.3, -0.25) is 14.3 Å². The van der Waals surface area contributed by atoms with Gasteiger partial charge in [-0.2, -0.15) is 5.10 Å². The molecule has 0 spiro atoms. The van der Waals surface area contributed by atoms with Crippen molar-refractivity contribution >= 4 is 11.9 Å². The van der Waals surface area contributed by atoms with Gasteiger partial charge >= 0.3 is 5.97 Å². The molecule has 1 aromatic rings. The monoisotopic (exact) mass is 281 g/mol. The molecule has 0 fully saturated rings. The molecular formula is C14H23N3O3. The first kappa shape index (κ1) is 16.2. The van der Waals surface area contributed by atoms with Gasteiger partial charge in [0.2, 0.25) is 0 Å². The zero-order valence-electron chi connectivity index (χ0n) is 12.7. The number of hydrogen-bond donors (Lipinski definition) is 2. The van der Waals surface area contributed by atoms with E-state index in [2.05, 4.69) is 10.4 Å². The third-order valence-corrected chi connectivity index (χ3v) is 3.26. The van der Waals surface area contributed by atoms with Crippen molar-refractivity contribution in [3.8, 4) is 0 Å². The number of aryl methyl sites for hydroxylation is 1. The summed E-state index contributed by atoms with van der Waals surface area (Å²) in [6, 6.07) is 0. The van der Waals surface area contributed by atoms with E-state index in [0.29, 0.717) is 18.5 Å². The lowest BCUT2D eigenvalue weighted by Crippen LogP contribution is -2.32. The summed E-state index contributed by atoms with van der Waals surface area (Å²) >= 11 is 0. The minimum absolute atomic E-state index is 0.160. The largest absolute Gasteiger partial charge is 0.481 e. The molecule has 0 aliphatic carbocycles. The van der Waals surface area contributed by atoms with Crippen LogP contribution in [0.15, 0.2) is 6.20 Å². The maximum absolute atomic E-state index is 12.1. The van der Waals surface area contributed by atoms with Crippen LogP contribution in [0.5, 0.6) is 0 Å². The summed E-state index contributed by atoms with van der Waals surface area (Å²) in [5.74, 6) is -0.911. The smallest absolute Gasteiger partial charge is 0.309 e. The van der Waals surface area contributed by atoms with Crippen LogP contribution in [0.3, 0.4) is 0 Å². The van der Waals surface area contributed by atoms with Crippen molar-refractivity contribution in [2.45, 2.75) is 40.0 Å². The molecule has 0 radical (unpaired) electrons. The molecule has 1 rings (SSSR count). The van der Waals surface area contributed by atoms with Gasteiger partial charge in [0.25, 0.3) is 5.91 Å². The molecule has 6 nitrogen and oxygen atoms in total. The highest BCUT2D eigenvalue weighted by molar-refractivity contribution is 5.95. The summed E-state index contributed by atoms with van der Waals surface area (Å²) in [4.78, 5) is 23.1. The Morgan fingerprint density at radius 1 is 1.45 bits per heavy atom. The Morgan fingerprint density at radius 2 is 2.05 bits per heavy atom. The number of carbonyl (C=O) groups is 2. The van der Waals surface area contributed by atoms with Gasteiger partial charge in [0.1, 0.15) is 0 Å². The van der Waals surface area contributed by atoms with Gasteiger partial charge in [0.15, 0.2) is 0 Å². The quantitative estimate of drug-likeness (QED) is 0.832. The molecule has 112 valence electrons. The van der Waals surface area contributed by atoms with Crippen LogP contribution in [0, 0.1) is 5.41 Å². The van der Waals surface area contributed by atoms with E-state index in [1.54, 1.807) is 31.8 Å². The van der Waals surface area contributed by atoms with Crippen LogP contribution in [0.2, 0.25) is 0 Å².